The average molecular weight is 472 g/mol. The highest BCUT2D eigenvalue weighted by atomic mass is 79.9. The molecule has 0 aromatic heterocycles. The van der Waals surface area contributed by atoms with Crippen LogP contribution in [-0.4, -0.2) is 35.8 Å². The lowest BCUT2D eigenvalue weighted by molar-refractivity contribution is -0.143. The number of benzene rings is 2. The third-order valence-electron chi connectivity index (χ3n) is 5.16. The zero-order valence-electron chi connectivity index (χ0n) is 17.5. The van der Waals surface area contributed by atoms with Gasteiger partial charge in [-0.15, -0.1) is 0 Å². The van der Waals surface area contributed by atoms with Gasteiger partial charge >= 0.3 is 5.97 Å². The molecular weight excluding hydrogens is 446 g/mol. The van der Waals surface area contributed by atoms with Crippen LogP contribution in [0.2, 0.25) is 0 Å². The van der Waals surface area contributed by atoms with Crippen LogP contribution < -0.4 is 0 Å². The van der Waals surface area contributed by atoms with Crippen molar-refractivity contribution in [1.82, 2.24) is 4.90 Å². The Kier molecular flexibility index (Phi) is 6.76. The number of fused-ring (bicyclic) bond motifs is 1. The van der Waals surface area contributed by atoms with Gasteiger partial charge in [0.15, 0.2) is 0 Å². The highest BCUT2D eigenvalue weighted by Crippen LogP contribution is 2.26. The second kappa shape index (κ2) is 9.13. The highest BCUT2D eigenvalue weighted by Gasteiger charge is 2.35. The Labute approximate surface area is 185 Å². The number of ether oxygens (including phenoxy) is 1. The van der Waals surface area contributed by atoms with Crippen LogP contribution in [0.15, 0.2) is 46.9 Å². The van der Waals surface area contributed by atoms with Crippen LogP contribution in [0.4, 0.5) is 0 Å². The summed E-state index contributed by atoms with van der Waals surface area (Å²) in [5, 5.41) is 0. The van der Waals surface area contributed by atoms with Crippen LogP contribution in [0.3, 0.4) is 0 Å². The minimum absolute atomic E-state index is 0.105. The van der Waals surface area contributed by atoms with Crippen LogP contribution in [-0.2, 0) is 21.4 Å². The van der Waals surface area contributed by atoms with E-state index in [0.717, 1.165) is 10.0 Å². The molecular formula is C24H26BrNO4. The molecule has 0 N–H and O–H groups in total. The molecule has 0 saturated carbocycles. The lowest BCUT2D eigenvalue weighted by Crippen LogP contribution is -2.31. The number of imide groups is 1. The minimum Gasteiger partial charge on any atom is -0.466 e. The van der Waals surface area contributed by atoms with Gasteiger partial charge in [0.05, 0.1) is 17.7 Å². The van der Waals surface area contributed by atoms with E-state index in [2.05, 4.69) is 61.0 Å². The van der Waals surface area contributed by atoms with Crippen LogP contribution in [0.1, 0.15) is 65.5 Å². The molecule has 2 aromatic rings. The SMILES string of the molecule is CC(C)(C)c1ccc(CCC(=O)OCCCN2C(=O)c3ccc(Br)cc3C2=O)cc1. The summed E-state index contributed by atoms with van der Waals surface area (Å²) < 4.78 is 6.03. The number of nitrogens with zero attached hydrogens (tertiary/aromatic N) is 1. The molecule has 0 spiro atoms. The quantitative estimate of drug-likeness (QED) is 0.327. The molecule has 30 heavy (non-hydrogen) atoms. The van der Waals surface area contributed by atoms with Crippen LogP contribution in [0.25, 0.3) is 0 Å². The monoisotopic (exact) mass is 471 g/mol. The third-order valence-corrected chi connectivity index (χ3v) is 5.65. The summed E-state index contributed by atoms with van der Waals surface area (Å²) in [5.74, 6) is -0.880. The van der Waals surface area contributed by atoms with Gasteiger partial charge in [-0.05, 0) is 47.6 Å². The first-order chi connectivity index (χ1) is 14.2. The zero-order valence-corrected chi connectivity index (χ0v) is 19.1. The predicted octanol–water partition coefficient (Wildman–Crippen LogP) is 4.91. The molecule has 0 saturated heterocycles. The molecule has 0 fully saturated rings. The summed E-state index contributed by atoms with van der Waals surface area (Å²) in [6.07, 6.45) is 1.34. The predicted molar refractivity (Wildman–Crippen MR) is 119 cm³/mol. The summed E-state index contributed by atoms with van der Waals surface area (Å²) >= 11 is 3.32. The Balaban J connectivity index is 1.40. The van der Waals surface area contributed by atoms with E-state index in [-0.39, 0.29) is 36.4 Å². The van der Waals surface area contributed by atoms with Crippen molar-refractivity contribution in [3.8, 4) is 0 Å². The summed E-state index contributed by atoms with van der Waals surface area (Å²) in [6.45, 7) is 6.91. The number of hydrogen-bond acceptors (Lipinski definition) is 4. The molecule has 1 heterocycles. The number of carbonyl (C=O) groups is 3. The largest absolute Gasteiger partial charge is 0.466 e. The third kappa shape index (κ3) is 5.17. The van der Waals surface area contributed by atoms with Crippen LogP contribution >= 0.6 is 15.9 Å². The van der Waals surface area contributed by atoms with Gasteiger partial charge in [-0.25, -0.2) is 0 Å². The molecule has 3 rings (SSSR count). The zero-order chi connectivity index (χ0) is 21.9. The standard InChI is InChI=1S/C24H26BrNO4/c1-24(2,3)17-8-5-16(6-9-17)7-12-21(27)30-14-4-13-26-22(28)19-11-10-18(25)15-20(19)23(26)29/h5-6,8-11,15H,4,7,12-14H2,1-3H3. The topological polar surface area (TPSA) is 63.7 Å². The van der Waals surface area contributed by atoms with Crippen molar-refractivity contribution < 1.29 is 19.1 Å². The molecule has 2 aromatic carbocycles. The minimum atomic E-state index is -0.304. The fourth-order valence-corrected chi connectivity index (χ4v) is 3.73. The van der Waals surface area contributed by atoms with Crippen molar-refractivity contribution in [1.29, 1.82) is 0 Å². The molecule has 6 heteroatoms. The van der Waals surface area contributed by atoms with Gasteiger partial charge in [-0.2, -0.15) is 0 Å². The van der Waals surface area contributed by atoms with Crippen LogP contribution in [0, 0.1) is 0 Å². The normalized spacial score (nSPS) is 13.5. The lowest BCUT2D eigenvalue weighted by atomic mass is 9.86. The molecule has 0 radical (unpaired) electrons. The summed E-state index contributed by atoms with van der Waals surface area (Å²) in [6, 6.07) is 13.3. The maximum atomic E-state index is 12.4. The number of halogens is 1. The molecule has 0 unspecified atom stereocenters. The van der Waals surface area contributed by atoms with Gasteiger partial charge in [0.1, 0.15) is 0 Å². The summed E-state index contributed by atoms with van der Waals surface area (Å²) in [7, 11) is 0. The molecule has 0 bridgehead atoms. The van der Waals surface area contributed by atoms with Gasteiger partial charge in [0.2, 0.25) is 0 Å². The summed E-state index contributed by atoms with van der Waals surface area (Å²) in [4.78, 5) is 38.0. The maximum Gasteiger partial charge on any atom is 0.306 e. The van der Waals surface area contributed by atoms with Crippen molar-refractivity contribution in [2.75, 3.05) is 13.2 Å². The second-order valence-electron chi connectivity index (χ2n) is 8.47. The van der Waals surface area contributed by atoms with E-state index in [1.165, 1.54) is 10.5 Å². The van der Waals surface area contributed by atoms with Crippen molar-refractivity contribution in [2.24, 2.45) is 0 Å². The van der Waals surface area contributed by atoms with E-state index in [1.807, 2.05) is 0 Å². The fourth-order valence-electron chi connectivity index (χ4n) is 3.36. The first-order valence-electron chi connectivity index (χ1n) is 10.1. The van der Waals surface area contributed by atoms with E-state index in [9.17, 15) is 14.4 Å². The number of carbonyl (C=O) groups excluding carboxylic acids is 3. The number of aryl methyl sites for hydroxylation is 1. The Hall–Kier alpha value is -2.47. The maximum absolute atomic E-state index is 12.4. The number of esters is 1. The van der Waals surface area contributed by atoms with Gasteiger partial charge in [-0.1, -0.05) is 61.0 Å². The first-order valence-corrected chi connectivity index (χ1v) is 10.9. The van der Waals surface area contributed by atoms with E-state index < -0.39 is 0 Å². The Bertz CT molecular complexity index is 960. The molecule has 1 aliphatic heterocycles. The van der Waals surface area contributed by atoms with E-state index >= 15 is 0 Å². The Morgan fingerprint density at radius 2 is 1.67 bits per heavy atom. The molecule has 1 aliphatic rings. The fraction of sp³-hybridized carbons (Fsp3) is 0.375. The lowest BCUT2D eigenvalue weighted by Gasteiger charge is -2.19. The van der Waals surface area contributed by atoms with Gasteiger partial charge in [0.25, 0.3) is 11.8 Å². The van der Waals surface area contributed by atoms with Crippen molar-refractivity contribution in [3.05, 3.63) is 69.2 Å². The summed E-state index contributed by atoms with van der Waals surface area (Å²) in [5.41, 5.74) is 3.28. The molecule has 158 valence electrons. The Morgan fingerprint density at radius 1 is 1.00 bits per heavy atom. The van der Waals surface area contributed by atoms with Crippen molar-refractivity contribution >= 4 is 33.7 Å². The molecule has 5 nitrogen and oxygen atoms in total. The van der Waals surface area contributed by atoms with E-state index in [0.29, 0.717) is 30.4 Å². The Morgan fingerprint density at radius 3 is 2.33 bits per heavy atom. The smallest absolute Gasteiger partial charge is 0.306 e. The van der Waals surface area contributed by atoms with Crippen molar-refractivity contribution in [3.63, 3.8) is 0 Å². The van der Waals surface area contributed by atoms with Gasteiger partial charge in [0, 0.05) is 17.4 Å². The number of amides is 2. The number of hydrogen-bond donors (Lipinski definition) is 0. The molecule has 2 amide bonds. The number of rotatable bonds is 7. The van der Waals surface area contributed by atoms with Crippen LogP contribution in [0.5, 0.6) is 0 Å². The van der Waals surface area contributed by atoms with E-state index in [1.54, 1.807) is 18.2 Å². The molecule has 0 aliphatic carbocycles. The van der Waals surface area contributed by atoms with Crippen molar-refractivity contribution in [2.45, 2.75) is 45.4 Å². The first kappa shape index (κ1) is 22.2. The van der Waals surface area contributed by atoms with E-state index in [4.69, 9.17) is 4.74 Å². The average Bonchev–Trinajstić information content (AvgIpc) is 2.93. The van der Waals surface area contributed by atoms with Gasteiger partial charge < -0.3 is 4.74 Å². The highest BCUT2D eigenvalue weighted by molar-refractivity contribution is 9.10. The molecule has 0 atom stereocenters. The van der Waals surface area contributed by atoms with Gasteiger partial charge in [-0.3, -0.25) is 19.3 Å². The second-order valence-corrected chi connectivity index (χ2v) is 9.39.